The summed E-state index contributed by atoms with van der Waals surface area (Å²) in [7, 11) is -2.47. The van der Waals surface area contributed by atoms with Crippen LogP contribution in [0.2, 0.25) is 0 Å². The Hall–Kier alpha value is -2.10. The molecule has 8 nitrogen and oxygen atoms in total. The quantitative estimate of drug-likeness (QED) is 0.255. The van der Waals surface area contributed by atoms with Gasteiger partial charge in [-0.05, 0) is 62.5 Å². The molecule has 216 valence electrons. The topological polar surface area (TPSA) is 113 Å². The highest BCUT2D eigenvalue weighted by molar-refractivity contribution is 7.86. The van der Waals surface area contributed by atoms with E-state index in [4.69, 9.17) is 13.7 Å². The molecule has 9 heteroatoms. The lowest BCUT2D eigenvalue weighted by molar-refractivity contribution is -0.207. The number of hydrogen-bond donors (Lipinski definition) is 0. The lowest BCUT2D eigenvalue weighted by atomic mass is 9.44. The molecule has 8 atom stereocenters. The van der Waals surface area contributed by atoms with Gasteiger partial charge in [0.1, 0.15) is 18.2 Å². The largest absolute Gasteiger partial charge is 0.460 e. The maximum absolute atomic E-state index is 14.1. The third kappa shape index (κ3) is 4.99. The van der Waals surface area contributed by atoms with Crippen molar-refractivity contribution < 1.29 is 36.5 Å². The Morgan fingerprint density at radius 3 is 2.36 bits per heavy atom. The Balaban J connectivity index is 1.69. The van der Waals surface area contributed by atoms with Gasteiger partial charge in [-0.3, -0.25) is 8.98 Å². The minimum Gasteiger partial charge on any atom is -0.460 e. The van der Waals surface area contributed by atoms with Gasteiger partial charge in [0.2, 0.25) is 0 Å². The van der Waals surface area contributed by atoms with E-state index in [1.807, 2.05) is 13.8 Å². The zero-order chi connectivity index (χ0) is 28.8. The lowest BCUT2D eigenvalue weighted by Crippen LogP contribution is -2.63. The molecule has 3 fully saturated rings. The number of carbonyl (C=O) groups is 3. The first-order valence-electron chi connectivity index (χ1n) is 13.9. The number of benzene rings is 1. The van der Waals surface area contributed by atoms with E-state index in [2.05, 4.69) is 13.8 Å². The van der Waals surface area contributed by atoms with Gasteiger partial charge < -0.3 is 14.3 Å². The molecule has 2 bridgehead atoms. The number of esters is 1. The van der Waals surface area contributed by atoms with Crippen LogP contribution in [0.3, 0.4) is 0 Å². The summed E-state index contributed by atoms with van der Waals surface area (Å²) >= 11 is 0. The van der Waals surface area contributed by atoms with E-state index < -0.39 is 39.6 Å². The van der Waals surface area contributed by atoms with Crippen molar-refractivity contribution >= 4 is 28.2 Å². The first kappa shape index (κ1) is 29.9. The fraction of sp³-hybridized carbons (Fsp3) is 0.700. The molecular weight excluding hydrogens is 520 g/mol. The Morgan fingerprint density at radius 1 is 1.10 bits per heavy atom. The minimum absolute atomic E-state index is 0.0206. The molecule has 0 heterocycles. The predicted molar refractivity (Wildman–Crippen MR) is 144 cm³/mol. The molecule has 0 spiro atoms. The zero-order valence-electron chi connectivity index (χ0n) is 23.9. The molecule has 0 saturated heterocycles. The van der Waals surface area contributed by atoms with Gasteiger partial charge in [0, 0.05) is 36.2 Å². The van der Waals surface area contributed by atoms with E-state index in [9.17, 15) is 22.8 Å². The van der Waals surface area contributed by atoms with Crippen LogP contribution in [0, 0.1) is 40.9 Å². The first-order chi connectivity index (χ1) is 18.2. The van der Waals surface area contributed by atoms with Crippen molar-refractivity contribution in [1.82, 2.24) is 0 Å². The molecule has 1 aromatic rings. The number of ether oxygens (including phenoxy) is 2. The van der Waals surface area contributed by atoms with Crippen LogP contribution in [0.15, 0.2) is 29.2 Å². The van der Waals surface area contributed by atoms with Crippen molar-refractivity contribution in [3.8, 4) is 0 Å². The maximum Gasteiger partial charge on any atom is 0.333 e. The highest BCUT2D eigenvalue weighted by Crippen LogP contribution is 2.68. The van der Waals surface area contributed by atoms with Crippen LogP contribution in [-0.2, 0) is 38.2 Å². The average molecular weight is 563 g/mol. The van der Waals surface area contributed by atoms with Gasteiger partial charge in [-0.1, -0.05) is 45.4 Å². The van der Waals surface area contributed by atoms with Crippen LogP contribution in [0.1, 0.15) is 71.8 Å². The van der Waals surface area contributed by atoms with Gasteiger partial charge in [0.25, 0.3) is 10.1 Å². The molecule has 0 radical (unpaired) electrons. The number of methoxy groups -OCH3 is 1. The number of carbonyl (C=O) groups excluding carboxylic acids is 3. The summed E-state index contributed by atoms with van der Waals surface area (Å²) in [6, 6.07) is 6.16. The third-order valence-corrected chi connectivity index (χ3v) is 11.9. The number of ketones is 1. The smallest absolute Gasteiger partial charge is 0.333 e. The Labute approximate surface area is 232 Å². The summed E-state index contributed by atoms with van der Waals surface area (Å²) in [5.41, 5.74) is -0.992. The number of aldehydes is 1. The van der Waals surface area contributed by atoms with Crippen LogP contribution >= 0.6 is 0 Å². The van der Waals surface area contributed by atoms with Crippen LogP contribution in [0.5, 0.6) is 0 Å². The second-order valence-corrected chi connectivity index (χ2v) is 14.2. The van der Waals surface area contributed by atoms with Gasteiger partial charge in [-0.25, -0.2) is 4.79 Å². The normalized spacial score (nSPS) is 38.4. The van der Waals surface area contributed by atoms with Crippen LogP contribution in [0.4, 0.5) is 0 Å². The SMILES string of the molecule is CO[C@@H]1CC[C@@]23CC[C@H](C)[C@@](C)([C@H](OC(=O)COS(=O)(=O)c4ccc(C)cc4)C[C@@](C)(CC=O)C(=O)[C@@H]2C)[C@@H]13. The summed E-state index contributed by atoms with van der Waals surface area (Å²) in [6.07, 6.45) is 3.54. The standard InChI is InChI=1S/C30H42O8S/c1-19-7-9-22(10-8-19)39(34,35)37-18-25(32)38-24-17-28(4,15-16-31)27(33)21(3)30-13-11-20(2)29(24,5)26(30)23(36-6)12-14-30/h7-10,16,20-21,23-24,26H,11-15,17-18H2,1-6H3/t20-,21-,23+,24+,26+,28+,29-,30-/m0/s1. The Morgan fingerprint density at radius 2 is 1.74 bits per heavy atom. The number of rotatable bonds is 8. The lowest BCUT2D eigenvalue weighted by Gasteiger charge is -2.61. The second-order valence-electron chi connectivity index (χ2n) is 12.6. The molecule has 1 aromatic carbocycles. The molecule has 3 saturated carbocycles. The van der Waals surface area contributed by atoms with Crippen molar-refractivity contribution in [2.45, 2.75) is 90.2 Å². The molecule has 4 rings (SSSR count). The molecule has 0 amide bonds. The van der Waals surface area contributed by atoms with E-state index in [1.54, 1.807) is 26.2 Å². The van der Waals surface area contributed by atoms with E-state index in [0.717, 1.165) is 37.5 Å². The van der Waals surface area contributed by atoms with Gasteiger partial charge in [-0.15, -0.1) is 0 Å². The monoisotopic (exact) mass is 562 g/mol. The van der Waals surface area contributed by atoms with Crippen molar-refractivity contribution in [3.05, 3.63) is 29.8 Å². The number of hydrogen-bond acceptors (Lipinski definition) is 8. The Bertz CT molecular complexity index is 1210. The number of Topliss-reactive ketones (excluding diaryl/α,β-unsaturated/α-hetero) is 1. The summed E-state index contributed by atoms with van der Waals surface area (Å²) in [4.78, 5) is 39.0. The highest BCUT2D eigenvalue weighted by atomic mass is 32.2. The fourth-order valence-corrected chi connectivity index (χ4v) is 8.98. The molecule has 39 heavy (non-hydrogen) atoms. The van der Waals surface area contributed by atoms with Crippen molar-refractivity contribution in [2.75, 3.05) is 13.7 Å². The van der Waals surface area contributed by atoms with E-state index in [0.29, 0.717) is 0 Å². The fourth-order valence-electron chi connectivity index (χ4n) is 8.12. The van der Waals surface area contributed by atoms with E-state index in [1.165, 1.54) is 12.1 Å². The van der Waals surface area contributed by atoms with Crippen molar-refractivity contribution in [2.24, 2.45) is 34.0 Å². The predicted octanol–water partition coefficient (Wildman–Crippen LogP) is 4.66. The summed E-state index contributed by atoms with van der Waals surface area (Å²) in [5.74, 6) is -0.955. The summed E-state index contributed by atoms with van der Waals surface area (Å²) in [6.45, 7) is 9.13. The minimum atomic E-state index is -4.17. The van der Waals surface area contributed by atoms with E-state index in [-0.39, 0.29) is 52.8 Å². The molecule has 0 unspecified atom stereocenters. The first-order valence-corrected chi connectivity index (χ1v) is 15.3. The zero-order valence-corrected chi connectivity index (χ0v) is 24.7. The number of aryl methyl sites for hydroxylation is 1. The van der Waals surface area contributed by atoms with Crippen LogP contribution < -0.4 is 0 Å². The van der Waals surface area contributed by atoms with Crippen molar-refractivity contribution in [1.29, 1.82) is 0 Å². The summed E-state index contributed by atoms with van der Waals surface area (Å²) in [5, 5.41) is 0. The van der Waals surface area contributed by atoms with Crippen molar-refractivity contribution in [3.63, 3.8) is 0 Å². The van der Waals surface area contributed by atoms with Crippen LogP contribution in [0.25, 0.3) is 0 Å². The second kappa shape index (κ2) is 10.7. The van der Waals surface area contributed by atoms with Gasteiger partial charge >= 0.3 is 5.97 Å². The molecule has 3 aliphatic rings. The van der Waals surface area contributed by atoms with Gasteiger partial charge in [0.05, 0.1) is 11.0 Å². The Kier molecular flexibility index (Phi) is 8.20. The summed E-state index contributed by atoms with van der Waals surface area (Å²) < 4.78 is 42.6. The molecular formula is C30H42O8S. The maximum atomic E-state index is 14.1. The van der Waals surface area contributed by atoms with E-state index >= 15 is 0 Å². The molecule has 3 aliphatic carbocycles. The van der Waals surface area contributed by atoms with Gasteiger partial charge in [0.15, 0.2) is 6.61 Å². The van der Waals surface area contributed by atoms with Gasteiger partial charge in [-0.2, -0.15) is 8.42 Å². The molecule has 0 aromatic heterocycles. The van der Waals surface area contributed by atoms with Crippen LogP contribution in [-0.4, -0.2) is 52.4 Å². The molecule has 0 N–H and O–H groups in total. The average Bonchev–Trinajstić information content (AvgIpc) is 3.29. The molecule has 0 aliphatic heterocycles. The third-order valence-electron chi connectivity index (χ3n) is 10.6. The highest BCUT2D eigenvalue weighted by Gasteiger charge is 2.68.